The van der Waals surface area contributed by atoms with Crippen LogP contribution in [0.15, 0.2) is 97.8 Å². The number of fused-ring (bicyclic) bond motifs is 2. The van der Waals surface area contributed by atoms with Crippen molar-refractivity contribution in [2.75, 3.05) is 0 Å². The Bertz CT molecular complexity index is 2270. The van der Waals surface area contributed by atoms with E-state index in [9.17, 15) is 0 Å². The van der Waals surface area contributed by atoms with Crippen molar-refractivity contribution in [3.63, 3.8) is 0 Å². The number of H-pyrrole nitrogens is 1. The van der Waals surface area contributed by atoms with E-state index in [1.54, 1.807) is 35.9 Å². The maximum absolute atomic E-state index is 6.15. The Morgan fingerprint density at radius 1 is 0.786 bits per heavy atom. The van der Waals surface area contributed by atoms with Crippen LogP contribution in [0.1, 0.15) is 5.56 Å². The molecule has 2 aromatic carbocycles. The standard InChI is InChI=1S/C32H18Cl2N4O3S/c1-16-21-5-4-20(34)13-27(21)41-30(16)25-15-42-32(38-25)24-7-6-22(36-24)18-11-28(39-14-18)23-8-9-35-31(37-23)29-10-17-2-3-19(33)12-26(17)40-29/h2-15,36H,1H3. The molecule has 0 aliphatic rings. The molecule has 0 radical (unpaired) electrons. The number of nitrogens with zero attached hydrogens (tertiary/aromatic N) is 3. The first-order chi connectivity index (χ1) is 20.5. The van der Waals surface area contributed by atoms with E-state index in [0.29, 0.717) is 38.7 Å². The van der Waals surface area contributed by atoms with Crippen LogP contribution in [0.3, 0.4) is 0 Å². The second-order valence-corrected chi connectivity index (χ2v) is 11.5. The number of rotatable bonds is 5. The Morgan fingerprint density at radius 2 is 1.62 bits per heavy atom. The lowest BCUT2D eigenvalue weighted by Gasteiger charge is -1.98. The fraction of sp³-hybridized carbons (Fsp3) is 0.0312. The summed E-state index contributed by atoms with van der Waals surface area (Å²) < 4.78 is 18.0. The van der Waals surface area contributed by atoms with Crippen molar-refractivity contribution in [3.8, 4) is 56.5 Å². The van der Waals surface area contributed by atoms with E-state index in [1.165, 1.54) is 0 Å². The highest BCUT2D eigenvalue weighted by Gasteiger charge is 2.18. The SMILES string of the molecule is Cc1c(-c2csc(-c3ccc(-c4coc(-c5ccnc(-c6cc7ccc(Cl)cc7o6)n5)c4)[nH]3)n2)oc2cc(Cl)ccc12. The Morgan fingerprint density at radius 3 is 2.52 bits per heavy atom. The highest BCUT2D eigenvalue weighted by Crippen LogP contribution is 2.37. The number of hydrogen-bond donors (Lipinski definition) is 1. The van der Waals surface area contributed by atoms with E-state index in [4.69, 9.17) is 41.4 Å². The highest BCUT2D eigenvalue weighted by molar-refractivity contribution is 7.13. The topological polar surface area (TPSA) is 93.9 Å². The summed E-state index contributed by atoms with van der Waals surface area (Å²) in [7, 11) is 0. The van der Waals surface area contributed by atoms with Crippen LogP contribution in [0.25, 0.3) is 78.4 Å². The van der Waals surface area contributed by atoms with Gasteiger partial charge >= 0.3 is 0 Å². The zero-order valence-electron chi connectivity index (χ0n) is 21.8. The van der Waals surface area contributed by atoms with Crippen molar-refractivity contribution in [1.29, 1.82) is 0 Å². The number of aryl methyl sites for hydroxylation is 1. The maximum Gasteiger partial charge on any atom is 0.196 e. The summed E-state index contributed by atoms with van der Waals surface area (Å²) in [6.07, 6.45) is 3.39. The summed E-state index contributed by atoms with van der Waals surface area (Å²) in [5.41, 5.74) is 6.58. The lowest BCUT2D eigenvalue weighted by Crippen LogP contribution is -1.89. The van der Waals surface area contributed by atoms with Gasteiger partial charge in [0.1, 0.15) is 33.8 Å². The van der Waals surface area contributed by atoms with Gasteiger partial charge < -0.3 is 18.2 Å². The summed E-state index contributed by atoms with van der Waals surface area (Å²) in [6, 6.07) is 20.8. The van der Waals surface area contributed by atoms with Crippen LogP contribution in [-0.4, -0.2) is 19.9 Å². The summed E-state index contributed by atoms with van der Waals surface area (Å²) >= 11 is 13.8. The molecule has 8 rings (SSSR count). The number of hydrogen-bond acceptors (Lipinski definition) is 7. The molecular weight excluding hydrogens is 591 g/mol. The fourth-order valence-electron chi connectivity index (χ4n) is 4.98. The van der Waals surface area contributed by atoms with Gasteiger partial charge in [0.25, 0.3) is 0 Å². The minimum atomic E-state index is 0.460. The lowest BCUT2D eigenvalue weighted by molar-refractivity contribution is 0.580. The van der Waals surface area contributed by atoms with Gasteiger partial charge in [-0.15, -0.1) is 11.3 Å². The predicted molar refractivity (Wildman–Crippen MR) is 166 cm³/mol. The van der Waals surface area contributed by atoms with Crippen LogP contribution >= 0.6 is 34.5 Å². The molecule has 0 bridgehead atoms. The fourth-order valence-corrected chi connectivity index (χ4v) is 6.08. The van der Waals surface area contributed by atoms with Gasteiger partial charge in [0.15, 0.2) is 23.1 Å². The smallest absolute Gasteiger partial charge is 0.196 e. The van der Waals surface area contributed by atoms with Gasteiger partial charge in [0, 0.05) is 61.3 Å². The van der Waals surface area contributed by atoms with Gasteiger partial charge in [-0.1, -0.05) is 23.2 Å². The molecule has 6 heterocycles. The third kappa shape index (κ3) is 4.32. The second-order valence-electron chi connectivity index (χ2n) is 9.78. The molecule has 6 aromatic heterocycles. The first-order valence-corrected chi connectivity index (χ1v) is 14.6. The highest BCUT2D eigenvalue weighted by atomic mass is 35.5. The van der Waals surface area contributed by atoms with Crippen molar-refractivity contribution in [3.05, 3.63) is 100 Å². The molecule has 42 heavy (non-hydrogen) atoms. The van der Waals surface area contributed by atoms with Crippen LogP contribution in [-0.2, 0) is 0 Å². The molecule has 0 atom stereocenters. The molecule has 0 unspecified atom stereocenters. The van der Waals surface area contributed by atoms with E-state index in [2.05, 4.69) is 15.0 Å². The molecule has 0 saturated carbocycles. The van der Waals surface area contributed by atoms with Gasteiger partial charge in [-0.25, -0.2) is 15.0 Å². The Kier molecular flexibility index (Phi) is 5.82. The molecule has 0 aliphatic heterocycles. The predicted octanol–water partition coefficient (Wildman–Crippen LogP) is 10.3. The molecule has 1 N–H and O–H groups in total. The normalized spacial score (nSPS) is 11.7. The number of aromatic amines is 1. The molecule has 0 spiro atoms. The summed E-state index contributed by atoms with van der Waals surface area (Å²) in [5.74, 6) is 2.37. The van der Waals surface area contributed by atoms with E-state index in [1.807, 2.05) is 66.9 Å². The zero-order chi connectivity index (χ0) is 28.4. The minimum Gasteiger partial charge on any atom is -0.462 e. The Hall–Kier alpha value is -4.63. The number of halogens is 2. The lowest BCUT2D eigenvalue weighted by atomic mass is 10.1. The van der Waals surface area contributed by atoms with Crippen LogP contribution in [0.5, 0.6) is 0 Å². The first kappa shape index (κ1) is 25.1. The van der Waals surface area contributed by atoms with Gasteiger partial charge in [-0.2, -0.15) is 0 Å². The van der Waals surface area contributed by atoms with E-state index < -0.39 is 0 Å². The molecular formula is C32H18Cl2N4O3S. The summed E-state index contributed by atoms with van der Waals surface area (Å²) in [5, 5.41) is 6.06. The largest absolute Gasteiger partial charge is 0.462 e. The molecule has 7 nitrogen and oxygen atoms in total. The van der Waals surface area contributed by atoms with Crippen LogP contribution < -0.4 is 0 Å². The number of furan rings is 3. The first-order valence-electron chi connectivity index (χ1n) is 12.9. The second kappa shape index (κ2) is 9.73. The summed E-state index contributed by atoms with van der Waals surface area (Å²) in [6.45, 7) is 2.03. The average Bonchev–Trinajstić information content (AvgIpc) is 3.82. The van der Waals surface area contributed by atoms with Crippen molar-refractivity contribution in [2.45, 2.75) is 6.92 Å². The van der Waals surface area contributed by atoms with Crippen molar-refractivity contribution in [1.82, 2.24) is 19.9 Å². The van der Waals surface area contributed by atoms with Crippen LogP contribution in [0.2, 0.25) is 10.0 Å². The number of benzene rings is 2. The third-order valence-electron chi connectivity index (χ3n) is 7.07. The van der Waals surface area contributed by atoms with Gasteiger partial charge in [0.2, 0.25) is 0 Å². The quantitative estimate of drug-likeness (QED) is 0.209. The van der Waals surface area contributed by atoms with E-state index in [0.717, 1.165) is 55.3 Å². The van der Waals surface area contributed by atoms with Crippen molar-refractivity contribution in [2.24, 2.45) is 0 Å². The molecule has 0 aliphatic carbocycles. The third-order valence-corrected chi connectivity index (χ3v) is 8.42. The number of thiazole rings is 1. The average molecular weight is 609 g/mol. The molecule has 0 saturated heterocycles. The molecule has 8 aromatic rings. The monoisotopic (exact) mass is 608 g/mol. The van der Waals surface area contributed by atoms with E-state index >= 15 is 0 Å². The zero-order valence-corrected chi connectivity index (χ0v) is 24.1. The van der Waals surface area contributed by atoms with Gasteiger partial charge in [-0.3, -0.25) is 0 Å². The summed E-state index contributed by atoms with van der Waals surface area (Å²) in [4.78, 5) is 17.4. The van der Waals surface area contributed by atoms with Crippen molar-refractivity contribution < 1.29 is 13.3 Å². The Balaban J connectivity index is 1.06. The van der Waals surface area contributed by atoms with Crippen LogP contribution in [0, 0.1) is 6.92 Å². The number of nitrogens with one attached hydrogen (secondary N) is 1. The molecule has 0 fully saturated rings. The van der Waals surface area contributed by atoms with E-state index in [-0.39, 0.29) is 0 Å². The Labute approximate surface area is 252 Å². The maximum atomic E-state index is 6.15. The van der Waals surface area contributed by atoms with Gasteiger partial charge in [-0.05, 0) is 61.5 Å². The molecule has 10 heteroatoms. The molecule has 204 valence electrons. The van der Waals surface area contributed by atoms with Crippen LogP contribution in [0.4, 0.5) is 0 Å². The minimum absolute atomic E-state index is 0.460. The number of aromatic nitrogens is 4. The van der Waals surface area contributed by atoms with Crippen molar-refractivity contribution >= 4 is 56.5 Å². The molecule has 0 amide bonds. The van der Waals surface area contributed by atoms with Gasteiger partial charge in [0.05, 0.1) is 5.69 Å².